The molecule has 134 valence electrons. The van der Waals surface area contributed by atoms with Crippen LogP contribution in [0, 0.1) is 23.3 Å². The highest BCUT2D eigenvalue weighted by Crippen LogP contribution is 2.24. The van der Waals surface area contributed by atoms with Crippen LogP contribution in [0.4, 0.5) is 17.6 Å². The first-order valence-electron chi connectivity index (χ1n) is 7.22. The van der Waals surface area contributed by atoms with Gasteiger partial charge in [0.05, 0.1) is 17.4 Å². The highest BCUT2D eigenvalue weighted by atomic mass is 32.2. The Morgan fingerprint density at radius 1 is 1.04 bits per heavy atom. The van der Waals surface area contributed by atoms with Gasteiger partial charge in [0, 0.05) is 11.2 Å². The first kappa shape index (κ1) is 18.2. The lowest BCUT2D eigenvalue weighted by atomic mass is 10.2. The summed E-state index contributed by atoms with van der Waals surface area (Å²) < 4.78 is 67.8. The van der Waals surface area contributed by atoms with Crippen molar-refractivity contribution in [3.63, 3.8) is 0 Å². The Morgan fingerprint density at radius 2 is 1.69 bits per heavy atom. The highest BCUT2D eigenvalue weighted by molar-refractivity contribution is 7.90. The molecular weight excluding hydrogens is 372 g/mol. The van der Waals surface area contributed by atoms with Crippen molar-refractivity contribution in [3.8, 4) is 5.69 Å². The molecule has 0 saturated heterocycles. The first-order valence-corrected chi connectivity index (χ1v) is 8.54. The number of nitrogens with zero attached hydrogens (tertiary/aromatic N) is 2. The van der Waals surface area contributed by atoms with E-state index in [1.54, 1.807) is 0 Å². The summed E-state index contributed by atoms with van der Waals surface area (Å²) in [6.07, 6.45) is 1.57. The summed E-state index contributed by atoms with van der Waals surface area (Å²) in [5, 5.41) is -0.179. The van der Waals surface area contributed by atoms with Crippen molar-refractivity contribution in [2.24, 2.45) is 0 Å². The van der Waals surface area contributed by atoms with E-state index in [4.69, 9.17) is 0 Å². The van der Waals surface area contributed by atoms with Gasteiger partial charge in [0.15, 0.2) is 17.9 Å². The molecule has 0 fully saturated rings. The summed E-state index contributed by atoms with van der Waals surface area (Å²) in [7, 11) is 0. The Bertz CT molecular complexity index is 960. The molecule has 0 N–H and O–H groups in total. The second kappa shape index (κ2) is 7.30. The standard InChI is InChI=1S/C17H10F4N2O2S/c18-10-1-3-11(4-2-10)23-12(8-24)7-22-17(23)26(25)9-13-14(19)5-6-15(20)16(13)21/h1-8H,9H2. The number of benzene rings is 2. The van der Waals surface area contributed by atoms with Crippen molar-refractivity contribution in [1.82, 2.24) is 9.55 Å². The molecule has 4 nitrogen and oxygen atoms in total. The Balaban J connectivity index is 2.02. The summed E-state index contributed by atoms with van der Waals surface area (Å²) in [5.41, 5.74) is -0.390. The molecule has 0 spiro atoms. The molecule has 0 saturated carbocycles. The Hall–Kier alpha value is -2.65. The zero-order valence-corrected chi connectivity index (χ0v) is 13.8. The van der Waals surface area contributed by atoms with Crippen molar-refractivity contribution < 1.29 is 26.9 Å². The molecule has 0 aliphatic carbocycles. The van der Waals surface area contributed by atoms with Crippen LogP contribution in [-0.4, -0.2) is 20.4 Å². The number of hydrogen-bond acceptors (Lipinski definition) is 3. The van der Waals surface area contributed by atoms with Crippen LogP contribution >= 0.6 is 0 Å². The van der Waals surface area contributed by atoms with E-state index in [0.29, 0.717) is 12.4 Å². The van der Waals surface area contributed by atoms with Gasteiger partial charge in [0.2, 0.25) is 0 Å². The number of aldehydes is 1. The van der Waals surface area contributed by atoms with Crippen LogP contribution in [0.3, 0.4) is 0 Å². The fraction of sp³-hybridized carbons (Fsp3) is 0.0588. The van der Waals surface area contributed by atoms with Crippen molar-refractivity contribution in [2.75, 3.05) is 0 Å². The molecular formula is C17H10F4N2O2S. The average Bonchev–Trinajstić information content (AvgIpc) is 3.06. The van der Waals surface area contributed by atoms with Crippen LogP contribution in [0.25, 0.3) is 5.69 Å². The normalized spacial score (nSPS) is 12.2. The van der Waals surface area contributed by atoms with Crippen LogP contribution in [-0.2, 0) is 16.9 Å². The van der Waals surface area contributed by atoms with Crippen molar-refractivity contribution in [2.45, 2.75) is 10.9 Å². The molecule has 0 amide bonds. The van der Waals surface area contributed by atoms with Gasteiger partial charge < -0.3 is 4.55 Å². The van der Waals surface area contributed by atoms with Crippen LogP contribution in [0.5, 0.6) is 0 Å². The molecule has 9 heteroatoms. The average molecular weight is 382 g/mol. The zero-order valence-electron chi connectivity index (χ0n) is 13.0. The smallest absolute Gasteiger partial charge is 0.328 e. The summed E-state index contributed by atoms with van der Waals surface area (Å²) in [6, 6.07) is 6.27. The first-order chi connectivity index (χ1) is 12.4. The number of carbonyl (C=O) groups excluding carboxylic acids is 1. The van der Waals surface area contributed by atoms with Crippen LogP contribution in [0.15, 0.2) is 47.8 Å². The lowest BCUT2D eigenvalue weighted by molar-refractivity contribution is 0.111. The fourth-order valence-corrected chi connectivity index (χ4v) is 3.58. The number of halogens is 4. The molecule has 1 aromatic heterocycles. The van der Waals surface area contributed by atoms with Gasteiger partial charge in [-0.15, -0.1) is 0 Å². The van der Waals surface area contributed by atoms with E-state index in [9.17, 15) is 26.9 Å². The highest BCUT2D eigenvalue weighted by Gasteiger charge is 2.27. The fourth-order valence-electron chi connectivity index (χ4n) is 2.34. The number of aromatic nitrogens is 2. The molecule has 0 radical (unpaired) electrons. The summed E-state index contributed by atoms with van der Waals surface area (Å²) in [5.74, 6) is -4.96. The van der Waals surface area contributed by atoms with Gasteiger partial charge in [-0.2, -0.15) is 4.98 Å². The van der Waals surface area contributed by atoms with Crippen molar-refractivity contribution in [1.29, 1.82) is 0 Å². The van der Waals surface area contributed by atoms with Gasteiger partial charge in [-0.25, -0.2) is 22.1 Å². The molecule has 1 unspecified atom stereocenters. The van der Waals surface area contributed by atoms with E-state index >= 15 is 0 Å². The molecule has 0 aliphatic heterocycles. The van der Waals surface area contributed by atoms with E-state index in [1.807, 2.05) is 0 Å². The van der Waals surface area contributed by atoms with Crippen molar-refractivity contribution in [3.05, 3.63) is 77.1 Å². The summed E-state index contributed by atoms with van der Waals surface area (Å²) in [4.78, 5) is 15.1. The van der Waals surface area contributed by atoms with Gasteiger partial charge in [0.25, 0.3) is 0 Å². The largest absolute Gasteiger partial charge is 0.609 e. The molecule has 3 aromatic rings. The maximum Gasteiger partial charge on any atom is 0.328 e. The topological polar surface area (TPSA) is 57.9 Å². The van der Waals surface area contributed by atoms with E-state index in [0.717, 1.165) is 24.4 Å². The monoisotopic (exact) mass is 382 g/mol. The molecule has 0 bridgehead atoms. The number of hydrogen-bond donors (Lipinski definition) is 0. The van der Waals surface area contributed by atoms with Gasteiger partial charge >= 0.3 is 5.16 Å². The quantitative estimate of drug-likeness (QED) is 0.294. The molecule has 1 atom stereocenters. The number of carbonyl (C=O) groups is 1. The second-order valence-electron chi connectivity index (χ2n) is 5.21. The Labute approximate surface area is 148 Å². The van der Waals surface area contributed by atoms with Crippen molar-refractivity contribution >= 4 is 17.5 Å². The molecule has 26 heavy (non-hydrogen) atoms. The van der Waals surface area contributed by atoms with Gasteiger partial charge in [-0.3, -0.25) is 4.79 Å². The third-order valence-electron chi connectivity index (χ3n) is 3.58. The third-order valence-corrected chi connectivity index (χ3v) is 4.83. The predicted molar refractivity (Wildman–Crippen MR) is 85.3 cm³/mol. The van der Waals surface area contributed by atoms with Crippen LogP contribution in [0.1, 0.15) is 16.1 Å². The predicted octanol–water partition coefficient (Wildman–Crippen LogP) is 3.55. The third kappa shape index (κ3) is 3.35. The minimum absolute atomic E-state index is 0.0140. The summed E-state index contributed by atoms with van der Waals surface area (Å²) in [6.45, 7) is 0. The zero-order chi connectivity index (χ0) is 18.8. The Morgan fingerprint density at radius 3 is 2.35 bits per heavy atom. The van der Waals surface area contributed by atoms with Crippen LogP contribution < -0.4 is 0 Å². The maximum absolute atomic E-state index is 13.8. The molecule has 2 aromatic carbocycles. The van der Waals surface area contributed by atoms with Crippen LogP contribution in [0.2, 0.25) is 0 Å². The number of rotatable bonds is 5. The SMILES string of the molecule is O=Cc1cnc([S+]([O-])Cc2c(F)ccc(F)c2F)n1-c1ccc(F)cc1. The lowest BCUT2D eigenvalue weighted by Gasteiger charge is -2.13. The van der Waals surface area contributed by atoms with E-state index in [-0.39, 0.29) is 16.5 Å². The molecule has 1 heterocycles. The minimum Gasteiger partial charge on any atom is -0.609 e. The van der Waals surface area contributed by atoms with Gasteiger partial charge in [0.1, 0.15) is 23.1 Å². The van der Waals surface area contributed by atoms with E-state index in [2.05, 4.69) is 4.98 Å². The molecule has 3 rings (SSSR count). The van der Waals surface area contributed by atoms with Gasteiger partial charge in [-0.05, 0) is 36.4 Å². The maximum atomic E-state index is 13.8. The summed E-state index contributed by atoms with van der Waals surface area (Å²) >= 11 is -2.11. The van der Waals surface area contributed by atoms with Gasteiger partial charge in [-0.1, -0.05) is 0 Å². The number of imidazole rings is 1. The van der Waals surface area contributed by atoms with E-state index in [1.165, 1.54) is 16.7 Å². The minimum atomic E-state index is -2.11. The van der Waals surface area contributed by atoms with E-state index < -0.39 is 45.8 Å². The second-order valence-corrected chi connectivity index (χ2v) is 6.55. The Kier molecular flexibility index (Phi) is 5.10. The molecule has 0 aliphatic rings. The lowest BCUT2D eigenvalue weighted by Crippen LogP contribution is -2.15.